The van der Waals surface area contributed by atoms with Crippen molar-refractivity contribution in [3.8, 4) is 5.75 Å². The van der Waals surface area contributed by atoms with Crippen molar-refractivity contribution in [3.05, 3.63) is 64.7 Å². The van der Waals surface area contributed by atoms with Crippen molar-refractivity contribution in [2.75, 3.05) is 13.2 Å². The van der Waals surface area contributed by atoms with E-state index in [0.717, 1.165) is 29.7 Å². The molecule has 2 aromatic carbocycles. The zero-order valence-corrected chi connectivity index (χ0v) is 19.5. The Hall–Kier alpha value is -2.53. The number of nitrogens with one attached hydrogen (secondary N) is 1. The van der Waals surface area contributed by atoms with Crippen LogP contribution in [0.25, 0.3) is 0 Å². The monoisotopic (exact) mass is 444 g/mol. The Morgan fingerprint density at radius 1 is 1.13 bits per heavy atom. The summed E-state index contributed by atoms with van der Waals surface area (Å²) in [7, 11) is 0. The number of benzene rings is 2. The van der Waals surface area contributed by atoms with Crippen molar-refractivity contribution in [2.24, 2.45) is 0 Å². The quantitative estimate of drug-likeness (QED) is 0.461. The third-order valence-electron chi connectivity index (χ3n) is 5.05. The Kier molecular flexibility index (Phi) is 10.4. The van der Waals surface area contributed by atoms with Gasteiger partial charge in [0.1, 0.15) is 11.8 Å². The average molecular weight is 445 g/mol. The number of ether oxygens (including phenoxy) is 1. The smallest absolute Gasteiger partial charge is 0.242 e. The molecule has 2 amide bonds. The van der Waals surface area contributed by atoms with Crippen LogP contribution in [-0.4, -0.2) is 35.9 Å². The molecule has 0 unspecified atom stereocenters. The normalized spacial score (nSPS) is 11.6. The summed E-state index contributed by atoms with van der Waals surface area (Å²) in [6.45, 7) is 7.34. The molecule has 1 N–H and O–H groups in total. The fourth-order valence-electron chi connectivity index (χ4n) is 3.21. The first-order chi connectivity index (χ1) is 14.9. The van der Waals surface area contributed by atoms with Crippen LogP contribution in [0.3, 0.4) is 0 Å². The molecule has 0 radical (unpaired) electrons. The number of hydrogen-bond donors (Lipinski definition) is 1. The second-order valence-electron chi connectivity index (χ2n) is 7.74. The van der Waals surface area contributed by atoms with E-state index in [1.807, 2.05) is 31.2 Å². The van der Waals surface area contributed by atoms with Crippen LogP contribution >= 0.6 is 11.6 Å². The Bertz CT molecular complexity index is 839. The lowest BCUT2D eigenvalue weighted by atomic mass is 10.1. The zero-order valence-electron chi connectivity index (χ0n) is 18.7. The lowest BCUT2D eigenvalue weighted by molar-refractivity contribution is -0.140. The number of hydrogen-bond acceptors (Lipinski definition) is 3. The number of carbonyl (C=O) groups excluding carboxylic acids is 2. The van der Waals surface area contributed by atoms with E-state index in [0.29, 0.717) is 37.6 Å². The molecule has 5 nitrogen and oxygen atoms in total. The van der Waals surface area contributed by atoms with Gasteiger partial charge in [-0.05, 0) is 56.5 Å². The van der Waals surface area contributed by atoms with Gasteiger partial charge in [0.05, 0.1) is 6.61 Å². The molecule has 1 atom stereocenters. The molecule has 31 heavy (non-hydrogen) atoms. The molecular formula is C25H33ClN2O3. The highest BCUT2D eigenvalue weighted by Gasteiger charge is 2.25. The van der Waals surface area contributed by atoms with Crippen LogP contribution in [0.1, 0.15) is 50.7 Å². The summed E-state index contributed by atoms with van der Waals surface area (Å²) in [4.78, 5) is 27.3. The summed E-state index contributed by atoms with van der Waals surface area (Å²) in [6, 6.07) is 14.6. The minimum Gasteiger partial charge on any atom is -0.494 e. The highest BCUT2D eigenvalue weighted by Crippen LogP contribution is 2.17. The van der Waals surface area contributed by atoms with E-state index in [4.69, 9.17) is 16.3 Å². The molecule has 0 aromatic heterocycles. The first kappa shape index (κ1) is 24.7. The van der Waals surface area contributed by atoms with Gasteiger partial charge < -0.3 is 15.0 Å². The predicted octanol–water partition coefficient (Wildman–Crippen LogP) is 5.14. The summed E-state index contributed by atoms with van der Waals surface area (Å²) < 4.78 is 5.69. The molecule has 0 bridgehead atoms. The van der Waals surface area contributed by atoms with Crippen LogP contribution in [0.4, 0.5) is 0 Å². The van der Waals surface area contributed by atoms with Crippen molar-refractivity contribution in [2.45, 2.75) is 59.0 Å². The van der Waals surface area contributed by atoms with E-state index in [9.17, 15) is 9.59 Å². The number of rotatable bonds is 12. The summed E-state index contributed by atoms with van der Waals surface area (Å²) in [6.07, 6.45) is 2.81. The second-order valence-corrected chi connectivity index (χ2v) is 8.17. The van der Waals surface area contributed by atoms with E-state index in [-0.39, 0.29) is 11.8 Å². The minimum atomic E-state index is -0.540. The van der Waals surface area contributed by atoms with E-state index in [1.165, 1.54) is 0 Å². The van der Waals surface area contributed by atoms with Crippen molar-refractivity contribution in [1.29, 1.82) is 0 Å². The van der Waals surface area contributed by atoms with E-state index in [2.05, 4.69) is 12.2 Å². The van der Waals surface area contributed by atoms with Crippen LogP contribution in [-0.2, 0) is 16.1 Å². The molecule has 168 valence electrons. The van der Waals surface area contributed by atoms with Crippen LogP contribution in [0.5, 0.6) is 5.75 Å². The molecule has 0 spiro atoms. The molecule has 0 aliphatic rings. The Balaban J connectivity index is 1.97. The van der Waals surface area contributed by atoms with Gasteiger partial charge in [-0.15, -0.1) is 0 Å². The molecule has 6 heteroatoms. The maximum Gasteiger partial charge on any atom is 0.242 e. The summed E-state index contributed by atoms with van der Waals surface area (Å²) in [5.74, 6) is 0.545. The van der Waals surface area contributed by atoms with Gasteiger partial charge >= 0.3 is 0 Å². The molecule has 0 aliphatic carbocycles. The van der Waals surface area contributed by atoms with Gasteiger partial charge in [-0.3, -0.25) is 9.59 Å². The van der Waals surface area contributed by atoms with Gasteiger partial charge in [0, 0.05) is 24.5 Å². The van der Waals surface area contributed by atoms with Crippen LogP contribution < -0.4 is 10.1 Å². The third kappa shape index (κ3) is 8.62. The number of aryl methyl sites for hydroxylation is 1. The second kappa shape index (κ2) is 13.0. The van der Waals surface area contributed by atoms with E-state index in [1.54, 1.807) is 36.1 Å². The lowest BCUT2D eigenvalue weighted by Crippen LogP contribution is -2.47. The first-order valence-corrected chi connectivity index (χ1v) is 11.3. The molecule has 0 saturated carbocycles. The number of amides is 2. The van der Waals surface area contributed by atoms with Gasteiger partial charge in [-0.25, -0.2) is 0 Å². The largest absolute Gasteiger partial charge is 0.494 e. The van der Waals surface area contributed by atoms with Crippen LogP contribution in [0.15, 0.2) is 48.5 Å². The van der Waals surface area contributed by atoms with Crippen molar-refractivity contribution in [1.82, 2.24) is 10.2 Å². The van der Waals surface area contributed by atoms with Crippen LogP contribution in [0, 0.1) is 6.92 Å². The van der Waals surface area contributed by atoms with E-state index < -0.39 is 6.04 Å². The highest BCUT2D eigenvalue weighted by molar-refractivity contribution is 6.30. The minimum absolute atomic E-state index is 0.0562. The number of nitrogens with zero attached hydrogens (tertiary/aromatic N) is 1. The fraction of sp³-hybridized carbons (Fsp3) is 0.440. The van der Waals surface area contributed by atoms with Gasteiger partial charge in [-0.2, -0.15) is 0 Å². The summed E-state index contributed by atoms with van der Waals surface area (Å²) in [5, 5.41) is 3.59. The fourth-order valence-corrected chi connectivity index (χ4v) is 3.34. The zero-order chi connectivity index (χ0) is 22.6. The number of carbonyl (C=O) groups is 2. The Morgan fingerprint density at radius 3 is 2.55 bits per heavy atom. The van der Waals surface area contributed by atoms with Crippen molar-refractivity contribution in [3.63, 3.8) is 0 Å². The van der Waals surface area contributed by atoms with E-state index >= 15 is 0 Å². The molecule has 2 rings (SSSR count). The van der Waals surface area contributed by atoms with Gasteiger partial charge in [0.25, 0.3) is 0 Å². The summed E-state index contributed by atoms with van der Waals surface area (Å²) in [5.41, 5.74) is 2.14. The number of halogens is 1. The summed E-state index contributed by atoms with van der Waals surface area (Å²) >= 11 is 5.88. The maximum atomic E-state index is 13.0. The standard InChI is InChI=1S/C25H33ClN2O3/c1-4-5-15-27-25(30)20(3)28(18-21-9-6-8-19(2)17-21)24(29)10-7-16-31-23-13-11-22(26)12-14-23/h6,8-9,11-14,17,20H,4-5,7,10,15-16,18H2,1-3H3,(H,27,30)/t20-/m0/s1. The Morgan fingerprint density at radius 2 is 1.87 bits per heavy atom. The number of unbranched alkanes of at least 4 members (excludes halogenated alkanes) is 1. The molecule has 0 saturated heterocycles. The first-order valence-electron chi connectivity index (χ1n) is 10.9. The highest BCUT2D eigenvalue weighted by atomic mass is 35.5. The molecule has 0 heterocycles. The Labute approximate surface area is 190 Å². The molecule has 0 aliphatic heterocycles. The van der Waals surface area contributed by atoms with Crippen LogP contribution in [0.2, 0.25) is 5.02 Å². The van der Waals surface area contributed by atoms with Crippen molar-refractivity contribution >= 4 is 23.4 Å². The van der Waals surface area contributed by atoms with Gasteiger partial charge in [-0.1, -0.05) is 54.8 Å². The predicted molar refractivity (Wildman–Crippen MR) is 125 cm³/mol. The SMILES string of the molecule is CCCCNC(=O)[C@H](C)N(Cc1cccc(C)c1)C(=O)CCCOc1ccc(Cl)cc1. The molecule has 2 aromatic rings. The topological polar surface area (TPSA) is 58.6 Å². The van der Waals surface area contributed by atoms with Crippen molar-refractivity contribution < 1.29 is 14.3 Å². The van der Waals surface area contributed by atoms with Gasteiger partial charge in [0.2, 0.25) is 11.8 Å². The molecule has 0 fully saturated rings. The third-order valence-corrected chi connectivity index (χ3v) is 5.30. The maximum absolute atomic E-state index is 13.0. The van der Waals surface area contributed by atoms with Gasteiger partial charge in [0.15, 0.2) is 0 Å². The molecular weight excluding hydrogens is 412 g/mol. The average Bonchev–Trinajstić information content (AvgIpc) is 2.76. The lowest BCUT2D eigenvalue weighted by Gasteiger charge is -2.29.